The molecule has 0 fully saturated rings. The molecule has 2 rings (SSSR count). The summed E-state index contributed by atoms with van der Waals surface area (Å²) < 4.78 is 28.6. The van der Waals surface area contributed by atoms with E-state index in [1.54, 1.807) is 0 Å². The van der Waals surface area contributed by atoms with Gasteiger partial charge in [-0.05, 0) is 30.3 Å². The molecule has 0 aliphatic heterocycles. The number of hydrogen-bond acceptors (Lipinski definition) is 5. The van der Waals surface area contributed by atoms with Crippen molar-refractivity contribution in [2.24, 2.45) is 0 Å². The van der Waals surface area contributed by atoms with Gasteiger partial charge >= 0.3 is 0 Å². The summed E-state index contributed by atoms with van der Waals surface area (Å²) in [6, 6.07) is 9.72. The summed E-state index contributed by atoms with van der Waals surface area (Å²) in [7, 11) is 1.40. The zero-order valence-corrected chi connectivity index (χ0v) is 11.8. The molecule has 2 aromatic carbocycles. The Hall–Kier alpha value is -2.83. The second-order valence-electron chi connectivity index (χ2n) is 4.24. The Balaban J connectivity index is 1.88. The molecule has 0 bridgehead atoms. The quantitative estimate of drug-likeness (QED) is 0.446. The normalized spacial score (nSPS) is 10.1. The molecule has 0 aromatic heterocycles. The molecule has 0 aliphatic rings. The molecule has 0 heterocycles. The van der Waals surface area contributed by atoms with Gasteiger partial charge in [0.2, 0.25) is 0 Å². The first kappa shape index (κ1) is 15.6. The van der Waals surface area contributed by atoms with Crippen LogP contribution < -0.4 is 14.2 Å². The van der Waals surface area contributed by atoms with E-state index in [2.05, 4.69) is 0 Å². The van der Waals surface area contributed by atoms with Crippen molar-refractivity contribution in [3.8, 4) is 17.2 Å². The lowest BCUT2D eigenvalue weighted by Crippen LogP contribution is -2.09. The zero-order chi connectivity index (χ0) is 15.9. The van der Waals surface area contributed by atoms with E-state index in [9.17, 15) is 14.5 Å². The Morgan fingerprint density at radius 1 is 1.05 bits per heavy atom. The number of nitro benzene ring substituents is 1. The van der Waals surface area contributed by atoms with E-state index in [0.29, 0.717) is 11.5 Å². The molecular weight excluding hydrogens is 293 g/mol. The molecular formula is C15H14FNO5. The number of nitro groups is 1. The molecule has 0 aliphatic carbocycles. The summed E-state index contributed by atoms with van der Waals surface area (Å²) in [5, 5.41) is 10.7. The fourth-order valence-corrected chi connectivity index (χ4v) is 1.73. The van der Waals surface area contributed by atoms with Crippen LogP contribution in [0.4, 0.5) is 10.1 Å². The maximum Gasteiger partial charge on any atom is 0.273 e. The third-order valence-electron chi connectivity index (χ3n) is 2.78. The highest BCUT2D eigenvalue weighted by Gasteiger charge is 2.12. The van der Waals surface area contributed by atoms with Crippen LogP contribution >= 0.6 is 0 Å². The van der Waals surface area contributed by atoms with Crippen LogP contribution in [0.1, 0.15) is 0 Å². The Labute approximate surface area is 126 Å². The van der Waals surface area contributed by atoms with Crippen molar-refractivity contribution in [2.45, 2.75) is 0 Å². The van der Waals surface area contributed by atoms with Crippen LogP contribution in [0.2, 0.25) is 0 Å². The smallest absolute Gasteiger partial charge is 0.273 e. The summed E-state index contributed by atoms with van der Waals surface area (Å²) in [6.45, 7) is 0.456. The van der Waals surface area contributed by atoms with Crippen LogP contribution in [-0.4, -0.2) is 25.2 Å². The SMILES string of the molecule is COc1cc([N+](=O)[O-])ccc1OCCOc1ccc(F)cc1. The summed E-state index contributed by atoms with van der Waals surface area (Å²) in [6.07, 6.45) is 0. The van der Waals surface area contributed by atoms with E-state index >= 15 is 0 Å². The fraction of sp³-hybridized carbons (Fsp3) is 0.200. The van der Waals surface area contributed by atoms with Crippen molar-refractivity contribution in [3.05, 3.63) is 58.4 Å². The summed E-state index contributed by atoms with van der Waals surface area (Å²) in [5.41, 5.74) is -0.0771. The topological polar surface area (TPSA) is 70.8 Å². The molecule has 0 amide bonds. The van der Waals surface area contributed by atoms with Crippen LogP contribution in [0.25, 0.3) is 0 Å². The number of nitrogens with zero attached hydrogens (tertiary/aromatic N) is 1. The Bertz CT molecular complexity index is 645. The molecule has 6 nitrogen and oxygen atoms in total. The molecule has 0 saturated carbocycles. The number of halogens is 1. The summed E-state index contributed by atoms with van der Waals surface area (Å²) >= 11 is 0. The van der Waals surface area contributed by atoms with Gasteiger partial charge in [0.25, 0.3) is 5.69 Å². The Kier molecular flexibility index (Phi) is 5.13. The lowest BCUT2D eigenvalue weighted by atomic mass is 10.3. The molecule has 0 radical (unpaired) electrons. The maximum absolute atomic E-state index is 12.7. The van der Waals surface area contributed by atoms with E-state index in [-0.39, 0.29) is 30.5 Å². The monoisotopic (exact) mass is 307 g/mol. The number of hydrogen-bond donors (Lipinski definition) is 0. The van der Waals surface area contributed by atoms with Gasteiger partial charge in [-0.2, -0.15) is 0 Å². The Morgan fingerprint density at radius 3 is 2.36 bits per heavy atom. The van der Waals surface area contributed by atoms with Crippen molar-refractivity contribution in [1.29, 1.82) is 0 Å². The lowest BCUT2D eigenvalue weighted by Gasteiger charge is -2.11. The van der Waals surface area contributed by atoms with E-state index < -0.39 is 4.92 Å². The lowest BCUT2D eigenvalue weighted by molar-refractivity contribution is -0.384. The maximum atomic E-state index is 12.7. The molecule has 0 spiro atoms. The van der Waals surface area contributed by atoms with Gasteiger partial charge in [-0.3, -0.25) is 10.1 Å². The third-order valence-corrected chi connectivity index (χ3v) is 2.78. The van der Waals surface area contributed by atoms with E-state index in [1.807, 2.05) is 0 Å². The molecule has 2 aromatic rings. The van der Waals surface area contributed by atoms with E-state index in [0.717, 1.165) is 0 Å². The number of ether oxygens (including phenoxy) is 3. The number of benzene rings is 2. The fourth-order valence-electron chi connectivity index (χ4n) is 1.73. The molecule has 0 unspecified atom stereocenters. The number of methoxy groups -OCH3 is 1. The molecule has 22 heavy (non-hydrogen) atoms. The van der Waals surface area contributed by atoms with Crippen LogP contribution in [0.15, 0.2) is 42.5 Å². The van der Waals surface area contributed by atoms with E-state index in [4.69, 9.17) is 14.2 Å². The van der Waals surface area contributed by atoms with Gasteiger partial charge in [-0.15, -0.1) is 0 Å². The number of rotatable bonds is 7. The minimum atomic E-state index is -0.510. The van der Waals surface area contributed by atoms with Gasteiger partial charge in [0.1, 0.15) is 24.8 Å². The first-order valence-electron chi connectivity index (χ1n) is 6.44. The van der Waals surface area contributed by atoms with Crippen molar-refractivity contribution in [3.63, 3.8) is 0 Å². The van der Waals surface area contributed by atoms with E-state index in [1.165, 1.54) is 49.6 Å². The van der Waals surface area contributed by atoms with Crippen molar-refractivity contribution in [2.75, 3.05) is 20.3 Å². The van der Waals surface area contributed by atoms with Crippen molar-refractivity contribution < 1.29 is 23.5 Å². The highest BCUT2D eigenvalue weighted by atomic mass is 19.1. The van der Waals surface area contributed by atoms with Gasteiger partial charge in [0, 0.05) is 6.07 Å². The van der Waals surface area contributed by atoms with Crippen LogP contribution in [-0.2, 0) is 0 Å². The third kappa shape index (κ3) is 4.08. The van der Waals surface area contributed by atoms with Gasteiger partial charge in [0.15, 0.2) is 11.5 Å². The summed E-state index contributed by atoms with van der Waals surface area (Å²) in [4.78, 5) is 10.2. The van der Waals surface area contributed by atoms with Crippen LogP contribution in [0, 0.1) is 15.9 Å². The predicted octanol–water partition coefficient (Wildman–Crippen LogP) is 3.20. The second-order valence-corrected chi connectivity index (χ2v) is 4.24. The molecule has 7 heteroatoms. The first-order valence-corrected chi connectivity index (χ1v) is 6.44. The predicted molar refractivity (Wildman–Crippen MR) is 77.0 cm³/mol. The van der Waals surface area contributed by atoms with Crippen LogP contribution in [0.5, 0.6) is 17.2 Å². The second kappa shape index (κ2) is 7.26. The molecule has 0 atom stereocenters. The van der Waals surface area contributed by atoms with Gasteiger partial charge < -0.3 is 14.2 Å². The molecule has 0 N–H and O–H groups in total. The summed E-state index contributed by atoms with van der Waals surface area (Å²) in [5.74, 6) is 0.853. The van der Waals surface area contributed by atoms with Crippen molar-refractivity contribution >= 4 is 5.69 Å². The van der Waals surface area contributed by atoms with Gasteiger partial charge in [0.05, 0.1) is 18.1 Å². The average molecular weight is 307 g/mol. The largest absolute Gasteiger partial charge is 0.493 e. The Morgan fingerprint density at radius 2 is 1.73 bits per heavy atom. The minimum Gasteiger partial charge on any atom is -0.493 e. The molecule has 0 saturated heterocycles. The van der Waals surface area contributed by atoms with Crippen LogP contribution in [0.3, 0.4) is 0 Å². The molecule has 116 valence electrons. The first-order chi connectivity index (χ1) is 10.6. The van der Waals surface area contributed by atoms with Crippen molar-refractivity contribution in [1.82, 2.24) is 0 Å². The van der Waals surface area contributed by atoms with Gasteiger partial charge in [-0.1, -0.05) is 0 Å². The zero-order valence-electron chi connectivity index (χ0n) is 11.8. The highest BCUT2D eigenvalue weighted by molar-refractivity contribution is 5.48. The minimum absolute atomic E-state index is 0.0771. The standard InChI is InChI=1S/C15H14FNO5/c1-20-15-10-12(17(18)19)4-7-14(15)22-9-8-21-13-5-2-11(16)3-6-13/h2-7,10H,8-9H2,1H3. The number of non-ortho nitro benzene ring substituents is 1. The van der Waals surface area contributed by atoms with Gasteiger partial charge in [-0.25, -0.2) is 4.39 Å². The highest BCUT2D eigenvalue weighted by Crippen LogP contribution is 2.30. The average Bonchev–Trinajstić information content (AvgIpc) is 2.53.